The number of piperazine rings is 1. The molecule has 9 heteroatoms. The maximum atomic E-state index is 13.6. The van der Waals surface area contributed by atoms with Crippen molar-refractivity contribution in [1.29, 1.82) is 0 Å². The number of nitrogens with zero attached hydrogens (tertiary/aromatic N) is 4. The molecule has 1 aromatic heterocycles. The molecule has 3 atom stereocenters. The predicted octanol–water partition coefficient (Wildman–Crippen LogP) is 2.22. The zero-order valence-corrected chi connectivity index (χ0v) is 19.5. The number of carbonyl (C=O) groups is 1. The summed E-state index contributed by atoms with van der Waals surface area (Å²) in [5.74, 6) is 0.857. The molecule has 1 amide bonds. The van der Waals surface area contributed by atoms with Crippen LogP contribution in [0.5, 0.6) is 0 Å². The molecule has 176 valence electrons. The Kier molecular flexibility index (Phi) is 6.03. The van der Waals surface area contributed by atoms with Crippen molar-refractivity contribution < 1.29 is 14.6 Å². The number of nitrogens with two attached hydrogens (primary N) is 1. The van der Waals surface area contributed by atoms with E-state index in [-0.39, 0.29) is 17.7 Å². The number of aliphatic hydroxyl groups is 1. The van der Waals surface area contributed by atoms with Crippen molar-refractivity contribution >= 4 is 23.3 Å². The first kappa shape index (κ1) is 22.5. The molecule has 2 fully saturated rings. The highest BCUT2D eigenvalue weighted by atomic mass is 35.5. The van der Waals surface area contributed by atoms with Crippen LogP contribution in [0.15, 0.2) is 30.6 Å². The first-order chi connectivity index (χ1) is 15.8. The molecule has 1 aromatic carbocycles. The van der Waals surface area contributed by atoms with Gasteiger partial charge in [-0.05, 0) is 36.5 Å². The number of rotatable bonds is 5. The maximum absolute atomic E-state index is 13.6. The summed E-state index contributed by atoms with van der Waals surface area (Å²) in [6, 6.07) is 7.48. The van der Waals surface area contributed by atoms with E-state index in [1.54, 1.807) is 0 Å². The van der Waals surface area contributed by atoms with E-state index in [1.807, 2.05) is 29.2 Å². The summed E-state index contributed by atoms with van der Waals surface area (Å²) < 4.78 is 5.33. The standard InChI is InChI=1S/C24H30ClN5O3/c1-15-10-19(31)21-20(15)22(28-14-27-21)29-6-8-30(9-7-29)23(32)18(11-24(26)12-33-13-24)16-2-4-17(25)5-3-16/h2-5,14-15,18-19,31H,6-13,26H2,1H3/t15-,18?,19-/m1/s1. The Morgan fingerprint density at radius 3 is 2.58 bits per heavy atom. The van der Waals surface area contributed by atoms with Gasteiger partial charge in [-0.15, -0.1) is 0 Å². The Labute approximate surface area is 198 Å². The lowest BCUT2D eigenvalue weighted by atomic mass is 9.82. The van der Waals surface area contributed by atoms with Gasteiger partial charge in [0.15, 0.2) is 0 Å². The number of amides is 1. The highest BCUT2D eigenvalue weighted by molar-refractivity contribution is 6.30. The van der Waals surface area contributed by atoms with E-state index in [4.69, 9.17) is 22.1 Å². The van der Waals surface area contributed by atoms with Crippen molar-refractivity contribution in [3.63, 3.8) is 0 Å². The van der Waals surface area contributed by atoms with Gasteiger partial charge in [0.2, 0.25) is 5.91 Å². The monoisotopic (exact) mass is 471 g/mol. The summed E-state index contributed by atoms with van der Waals surface area (Å²) in [6.07, 6.45) is 2.22. The number of ether oxygens (including phenoxy) is 1. The Bertz CT molecular complexity index is 1020. The third-order valence-corrected chi connectivity index (χ3v) is 7.38. The van der Waals surface area contributed by atoms with Crippen LogP contribution in [-0.2, 0) is 9.53 Å². The van der Waals surface area contributed by atoms with Gasteiger partial charge in [-0.25, -0.2) is 9.97 Å². The van der Waals surface area contributed by atoms with Gasteiger partial charge in [0, 0.05) is 36.8 Å². The van der Waals surface area contributed by atoms with E-state index in [1.165, 1.54) is 6.33 Å². The van der Waals surface area contributed by atoms with Crippen molar-refractivity contribution in [3.8, 4) is 0 Å². The van der Waals surface area contributed by atoms with Crippen LogP contribution in [0.25, 0.3) is 0 Å². The van der Waals surface area contributed by atoms with Gasteiger partial charge >= 0.3 is 0 Å². The van der Waals surface area contributed by atoms with Crippen molar-refractivity contribution in [2.75, 3.05) is 44.3 Å². The number of aromatic nitrogens is 2. The smallest absolute Gasteiger partial charge is 0.230 e. The molecule has 0 spiro atoms. The second-order valence-electron chi connectivity index (χ2n) is 9.62. The summed E-state index contributed by atoms with van der Waals surface area (Å²) in [5, 5.41) is 10.9. The predicted molar refractivity (Wildman–Crippen MR) is 125 cm³/mol. The quantitative estimate of drug-likeness (QED) is 0.688. The van der Waals surface area contributed by atoms with E-state index >= 15 is 0 Å². The van der Waals surface area contributed by atoms with Crippen LogP contribution in [0, 0.1) is 0 Å². The average Bonchev–Trinajstić information content (AvgIpc) is 3.10. The lowest BCUT2D eigenvalue weighted by molar-refractivity contribution is -0.135. The van der Waals surface area contributed by atoms with Crippen LogP contribution < -0.4 is 10.6 Å². The highest BCUT2D eigenvalue weighted by Crippen LogP contribution is 2.43. The molecule has 1 aliphatic carbocycles. The van der Waals surface area contributed by atoms with Gasteiger partial charge < -0.3 is 25.4 Å². The van der Waals surface area contributed by atoms with Crippen LogP contribution in [0.1, 0.15) is 54.5 Å². The highest BCUT2D eigenvalue weighted by Gasteiger charge is 2.41. The van der Waals surface area contributed by atoms with Gasteiger partial charge in [-0.1, -0.05) is 30.7 Å². The zero-order chi connectivity index (χ0) is 23.2. The lowest BCUT2D eigenvalue weighted by Crippen LogP contribution is -2.59. The molecule has 0 bridgehead atoms. The summed E-state index contributed by atoms with van der Waals surface area (Å²) in [7, 11) is 0. The van der Waals surface area contributed by atoms with E-state index in [0.29, 0.717) is 57.3 Å². The molecule has 3 heterocycles. The fraction of sp³-hybridized carbons (Fsp3) is 0.542. The lowest BCUT2D eigenvalue weighted by Gasteiger charge is -2.42. The van der Waals surface area contributed by atoms with E-state index < -0.39 is 11.6 Å². The zero-order valence-electron chi connectivity index (χ0n) is 18.8. The normalized spacial score (nSPS) is 24.8. The molecular weight excluding hydrogens is 442 g/mol. The molecule has 2 saturated heterocycles. The fourth-order valence-electron chi connectivity index (χ4n) is 5.24. The van der Waals surface area contributed by atoms with E-state index in [2.05, 4.69) is 21.8 Å². The first-order valence-corrected chi connectivity index (χ1v) is 11.9. The molecule has 3 aliphatic rings. The number of anilines is 1. The molecule has 3 N–H and O–H groups in total. The van der Waals surface area contributed by atoms with Gasteiger partial charge in [0.1, 0.15) is 12.1 Å². The largest absolute Gasteiger partial charge is 0.387 e. The van der Waals surface area contributed by atoms with Crippen molar-refractivity contribution in [2.45, 2.75) is 43.2 Å². The molecular formula is C24H30ClN5O3. The summed E-state index contributed by atoms with van der Waals surface area (Å²) in [4.78, 5) is 26.6. The van der Waals surface area contributed by atoms with Crippen molar-refractivity contribution in [3.05, 3.63) is 52.4 Å². The molecule has 5 rings (SSSR count). The number of benzene rings is 1. The van der Waals surface area contributed by atoms with Crippen LogP contribution >= 0.6 is 11.6 Å². The summed E-state index contributed by atoms with van der Waals surface area (Å²) in [5.41, 5.74) is 8.69. The van der Waals surface area contributed by atoms with E-state index in [0.717, 1.165) is 22.6 Å². The number of aliphatic hydroxyl groups excluding tert-OH is 1. The fourth-order valence-corrected chi connectivity index (χ4v) is 5.37. The van der Waals surface area contributed by atoms with Gasteiger partial charge in [0.25, 0.3) is 0 Å². The number of fused-ring (bicyclic) bond motifs is 1. The van der Waals surface area contributed by atoms with Gasteiger partial charge in [0.05, 0.1) is 36.5 Å². The summed E-state index contributed by atoms with van der Waals surface area (Å²) in [6.45, 7) is 5.62. The molecule has 2 aliphatic heterocycles. The van der Waals surface area contributed by atoms with Gasteiger partial charge in [-0.3, -0.25) is 4.79 Å². The maximum Gasteiger partial charge on any atom is 0.230 e. The molecule has 33 heavy (non-hydrogen) atoms. The van der Waals surface area contributed by atoms with Crippen molar-refractivity contribution in [2.24, 2.45) is 5.73 Å². The number of carbonyl (C=O) groups excluding carboxylic acids is 1. The Hall–Kier alpha value is -2.26. The summed E-state index contributed by atoms with van der Waals surface area (Å²) >= 11 is 6.08. The number of hydrogen-bond donors (Lipinski definition) is 2. The van der Waals surface area contributed by atoms with Crippen LogP contribution in [0.2, 0.25) is 5.02 Å². The Morgan fingerprint density at radius 1 is 1.24 bits per heavy atom. The van der Waals surface area contributed by atoms with Crippen molar-refractivity contribution in [1.82, 2.24) is 14.9 Å². The average molecular weight is 472 g/mol. The number of hydrogen-bond acceptors (Lipinski definition) is 7. The minimum absolute atomic E-state index is 0.0883. The molecule has 0 radical (unpaired) electrons. The second-order valence-corrected chi connectivity index (χ2v) is 10.1. The second kappa shape index (κ2) is 8.83. The Morgan fingerprint density at radius 2 is 1.94 bits per heavy atom. The Balaban J connectivity index is 1.31. The van der Waals surface area contributed by atoms with Gasteiger partial charge in [-0.2, -0.15) is 0 Å². The number of halogens is 1. The molecule has 0 saturated carbocycles. The van der Waals surface area contributed by atoms with Crippen LogP contribution in [-0.4, -0.2) is 70.8 Å². The molecule has 8 nitrogen and oxygen atoms in total. The topological polar surface area (TPSA) is 105 Å². The van der Waals surface area contributed by atoms with Crippen LogP contribution in [0.4, 0.5) is 5.82 Å². The minimum Gasteiger partial charge on any atom is -0.387 e. The molecule has 2 aromatic rings. The third-order valence-electron chi connectivity index (χ3n) is 7.13. The van der Waals surface area contributed by atoms with E-state index in [9.17, 15) is 9.90 Å². The minimum atomic E-state index is -0.529. The first-order valence-electron chi connectivity index (χ1n) is 11.5. The molecule has 1 unspecified atom stereocenters. The third kappa shape index (κ3) is 4.33. The van der Waals surface area contributed by atoms with Crippen LogP contribution in [0.3, 0.4) is 0 Å². The SMILES string of the molecule is C[C@@H]1C[C@@H](O)c2ncnc(N3CCN(C(=O)C(CC4(N)COC4)c4ccc(Cl)cc4)CC3)c21.